The van der Waals surface area contributed by atoms with Crippen LogP contribution in [0.25, 0.3) is 17.2 Å². The van der Waals surface area contributed by atoms with E-state index in [2.05, 4.69) is 22.0 Å². The number of nitrogens with zero attached hydrogens (tertiary/aromatic N) is 3. The Morgan fingerprint density at radius 1 is 1.02 bits per heavy atom. The van der Waals surface area contributed by atoms with Gasteiger partial charge in [-0.15, -0.1) is 0 Å². The summed E-state index contributed by atoms with van der Waals surface area (Å²) < 4.78 is 97.4. The Labute approximate surface area is 240 Å². The van der Waals surface area contributed by atoms with Crippen LogP contribution in [-0.4, -0.2) is 26.5 Å². The maximum atomic E-state index is 14.3. The molecule has 14 heteroatoms. The van der Waals surface area contributed by atoms with Crippen molar-refractivity contribution in [2.75, 3.05) is 0 Å². The highest BCUT2D eigenvalue weighted by Gasteiger charge is 2.29. The Balaban J connectivity index is 1.77. The zero-order chi connectivity index (χ0) is 31.4. The van der Waals surface area contributed by atoms with E-state index in [4.69, 9.17) is 11.1 Å². The molecule has 4 N–H and O–H groups in total. The van der Waals surface area contributed by atoms with Gasteiger partial charge in [-0.05, 0) is 47.9 Å². The van der Waals surface area contributed by atoms with Crippen LogP contribution >= 0.6 is 0 Å². The Morgan fingerprint density at radius 2 is 1.72 bits per heavy atom. The number of hydrogen-bond donors (Lipinski definition) is 3. The monoisotopic (exact) mass is 604 g/mol. The fourth-order valence-electron chi connectivity index (χ4n) is 4.62. The van der Waals surface area contributed by atoms with Crippen molar-refractivity contribution in [3.63, 3.8) is 0 Å². The summed E-state index contributed by atoms with van der Waals surface area (Å²) in [5.41, 5.74) is 3.60. The molecule has 0 spiro atoms. The number of amidine groups is 1. The predicted octanol–water partition coefficient (Wildman–Crippen LogP) is 6.26. The maximum Gasteiger partial charge on any atom is 0.282 e. The number of carbonyl (C=O) groups excluding carboxylic acids is 1. The molecule has 0 aliphatic rings. The van der Waals surface area contributed by atoms with Gasteiger partial charge in [-0.25, -0.2) is 30.7 Å². The van der Waals surface area contributed by atoms with Gasteiger partial charge in [-0.1, -0.05) is 24.8 Å². The molecule has 4 rings (SSSR count). The van der Waals surface area contributed by atoms with Crippen molar-refractivity contribution in [3.8, 4) is 11.1 Å². The van der Waals surface area contributed by atoms with Crippen LogP contribution in [0.4, 0.5) is 30.7 Å². The lowest BCUT2D eigenvalue weighted by molar-refractivity contribution is -0.122. The molecule has 1 amide bonds. The average Bonchev–Trinajstić information content (AvgIpc) is 3.31. The van der Waals surface area contributed by atoms with Gasteiger partial charge < -0.3 is 11.1 Å². The molecule has 0 bridgehead atoms. The van der Waals surface area contributed by atoms with Gasteiger partial charge in [-0.2, -0.15) is 5.10 Å². The van der Waals surface area contributed by atoms with Crippen LogP contribution in [0.2, 0.25) is 0 Å². The van der Waals surface area contributed by atoms with Crippen molar-refractivity contribution in [1.29, 1.82) is 5.41 Å². The minimum atomic E-state index is -3.27. The molecule has 0 radical (unpaired) electrons. The van der Waals surface area contributed by atoms with Gasteiger partial charge in [0, 0.05) is 23.4 Å². The van der Waals surface area contributed by atoms with E-state index in [0.717, 1.165) is 24.3 Å². The lowest BCUT2D eigenvalue weighted by Gasteiger charge is -2.22. The highest BCUT2D eigenvalue weighted by molar-refractivity contribution is 5.96. The molecule has 7 nitrogen and oxygen atoms in total. The smallest absolute Gasteiger partial charge is 0.282 e. The molecule has 0 aliphatic carbocycles. The number of alkyl halides is 4. The Bertz CT molecular complexity index is 1670. The molecule has 43 heavy (non-hydrogen) atoms. The molecule has 0 saturated carbocycles. The van der Waals surface area contributed by atoms with E-state index in [9.17, 15) is 35.5 Å². The van der Waals surface area contributed by atoms with Gasteiger partial charge in [-0.3, -0.25) is 19.9 Å². The van der Waals surface area contributed by atoms with Crippen molar-refractivity contribution >= 4 is 17.8 Å². The van der Waals surface area contributed by atoms with E-state index in [1.54, 1.807) is 6.07 Å². The third kappa shape index (κ3) is 6.90. The first kappa shape index (κ1) is 30.9. The summed E-state index contributed by atoms with van der Waals surface area (Å²) in [4.78, 5) is 17.5. The van der Waals surface area contributed by atoms with Crippen LogP contribution in [0.1, 0.15) is 52.7 Å². The highest BCUT2D eigenvalue weighted by atomic mass is 19.3. The van der Waals surface area contributed by atoms with Crippen molar-refractivity contribution in [2.45, 2.75) is 31.9 Å². The molecule has 0 fully saturated rings. The molecule has 4 aromatic rings. The molecule has 2 aromatic carbocycles. The fraction of sp³-hybridized carbons (Fsp3) is 0.172. The molecule has 1 atom stereocenters. The number of hydrogen-bond acceptors (Lipinski definition) is 4. The van der Waals surface area contributed by atoms with Crippen LogP contribution in [0.5, 0.6) is 0 Å². The van der Waals surface area contributed by atoms with Gasteiger partial charge in [0.05, 0.1) is 17.3 Å². The van der Waals surface area contributed by atoms with Gasteiger partial charge in [0.25, 0.3) is 12.9 Å². The summed E-state index contributed by atoms with van der Waals surface area (Å²) >= 11 is 0. The molecule has 2 heterocycles. The van der Waals surface area contributed by atoms with E-state index < -0.39 is 71.6 Å². The second kappa shape index (κ2) is 12.9. The standard InChI is InChI=1S/C29H23F7N6O/c1-2-18-25(27(33)34)41-42(26(18)28(35)36)13-23(43)40-22(10-14-8-16(30)12-17(31)9-14)24-19(4-3-7-39-24)15-5-6-21(32)20(11-15)29(37)38/h2-9,11-12,22,27-28H,1,10,13H2,(H3,37,38)(H,40,43)/t22-/m0/s1. The number of halogens is 7. The predicted molar refractivity (Wildman–Crippen MR) is 144 cm³/mol. The van der Waals surface area contributed by atoms with Crippen molar-refractivity contribution < 1.29 is 35.5 Å². The topological polar surface area (TPSA) is 110 Å². The zero-order valence-corrected chi connectivity index (χ0v) is 22.1. The van der Waals surface area contributed by atoms with E-state index in [-0.39, 0.29) is 23.2 Å². The molecule has 224 valence electrons. The first-order valence-electron chi connectivity index (χ1n) is 12.5. The van der Waals surface area contributed by atoms with Crippen LogP contribution < -0.4 is 11.1 Å². The third-order valence-corrected chi connectivity index (χ3v) is 6.40. The lowest BCUT2D eigenvalue weighted by atomic mass is 9.94. The second-order valence-corrected chi connectivity index (χ2v) is 9.29. The molecule has 0 unspecified atom stereocenters. The summed E-state index contributed by atoms with van der Waals surface area (Å²) in [5.74, 6) is -4.09. The summed E-state index contributed by atoms with van der Waals surface area (Å²) in [7, 11) is 0. The van der Waals surface area contributed by atoms with Gasteiger partial charge >= 0.3 is 0 Å². The highest BCUT2D eigenvalue weighted by Crippen LogP contribution is 2.33. The Kier molecular flexibility index (Phi) is 9.27. The summed E-state index contributed by atoms with van der Waals surface area (Å²) in [6.07, 6.45) is -4.61. The number of carbonyl (C=O) groups is 1. The summed E-state index contributed by atoms with van der Waals surface area (Å²) in [5, 5.41) is 13.7. The molecular weight excluding hydrogens is 581 g/mol. The van der Waals surface area contributed by atoms with Crippen LogP contribution in [0, 0.1) is 22.9 Å². The third-order valence-electron chi connectivity index (χ3n) is 6.40. The first-order valence-corrected chi connectivity index (χ1v) is 12.5. The zero-order valence-electron chi connectivity index (χ0n) is 22.1. The van der Waals surface area contributed by atoms with Crippen LogP contribution in [0.15, 0.2) is 61.3 Å². The Hall–Kier alpha value is -5.01. The first-order chi connectivity index (χ1) is 20.4. The summed E-state index contributed by atoms with van der Waals surface area (Å²) in [6, 6.07) is 8.30. The number of nitrogens with two attached hydrogens (primary N) is 1. The lowest BCUT2D eigenvalue weighted by Crippen LogP contribution is -2.34. The molecule has 2 aromatic heterocycles. The number of aromatic nitrogens is 3. The minimum absolute atomic E-state index is 0.0872. The Morgan fingerprint density at radius 3 is 2.33 bits per heavy atom. The van der Waals surface area contributed by atoms with E-state index in [1.807, 2.05) is 0 Å². The van der Waals surface area contributed by atoms with Crippen molar-refractivity contribution in [2.24, 2.45) is 5.73 Å². The normalized spacial score (nSPS) is 12.0. The quantitative estimate of drug-likeness (QED) is 0.107. The minimum Gasteiger partial charge on any atom is -0.384 e. The molecule has 0 aliphatic heterocycles. The number of pyridine rings is 1. The van der Waals surface area contributed by atoms with E-state index in [0.29, 0.717) is 21.9 Å². The molecular formula is C29H23F7N6O. The number of rotatable bonds is 11. The maximum absolute atomic E-state index is 14.3. The van der Waals surface area contributed by atoms with Crippen LogP contribution in [0.3, 0.4) is 0 Å². The van der Waals surface area contributed by atoms with Gasteiger partial charge in [0.1, 0.15) is 41.2 Å². The van der Waals surface area contributed by atoms with Gasteiger partial charge in [0.2, 0.25) is 5.91 Å². The van der Waals surface area contributed by atoms with E-state index >= 15 is 0 Å². The summed E-state index contributed by atoms with van der Waals surface area (Å²) in [6.45, 7) is 2.36. The number of nitrogen functional groups attached to an aromatic ring is 1. The number of benzene rings is 2. The van der Waals surface area contributed by atoms with E-state index in [1.165, 1.54) is 24.4 Å². The second-order valence-electron chi connectivity index (χ2n) is 9.29. The van der Waals surface area contributed by atoms with Gasteiger partial charge in [0.15, 0.2) is 0 Å². The number of nitrogens with one attached hydrogen (secondary N) is 2. The fourth-order valence-corrected chi connectivity index (χ4v) is 4.62. The SMILES string of the molecule is C=Cc1c(C(F)F)nn(CC(=O)N[C@@H](Cc2cc(F)cc(F)c2)c2ncccc2-c2ccc(F)c(C(=N)N)c2)c1C(F)F. The van der Waals surface area contributed by atoms with Crippen molar-refractivity contribution in [3.05, 3.63) is 113 Å². The average molecular weight is 605 g/mol. The van der Waals surface area contributed by atoms with Crippen molar-refractivity contribution in [1.82, 2.24) is 20.1 Å². The number of amides is 1. The molecule has 0 saturated heterocycles. The largest absolute Gasteiger partial charge is 0.384 e. The van der Waals surface area contributed by atoms with Crippen LogP contribution in [-0.2, 0) is 17.8 Å².